The Morgan fingerprint density at radius 3 is 2.46 bits per heavy atom. The zero-order chi connectivity index (χ0) is 16.6. The summed E-state index contributed by atoms with van der Waals surface area (Å²) in [5.41, 5.74) is 2.29. The molecule has 0 spiro atoms. The van der Waals surface area contributed by atoms with Gasteiger partial charge in [-0.15, -0.1) is 10.2 Å². The molecule has 0 fully saturated rings. The zero-order valence-corrected chi connectivity index (χ0v) is 12.9. The maximum absolute atomic E-state index is 12.1. The third-order valence-corrected chi connectivity index (χ3v) is 3.30. The summed E-state index contributed by atoms with van der Waals surface area (Å²) < 4.78 is 0. The van der Waals surface area contributed by atoms with Crippen molar-refractivity contribution >= 4 is 11.7 Å². The summed E-state index contributed by atoms with van der Waals surface area (Å²) in [6.07, 6.45) is 6.87. The molecule has 3 aromatic rings. The van der Waals surface area contributed by atoms with E-state index in [1.54, 1.807) is 36.9 Å². The lowest BCUT2D eigenvalue weighted by molar-refractivity contribution is 0.0945. The Bertz CT molecular complexity index is 777. The maximum Gasteiger partial charge on any atom is 0.272 e. The Labute approximate surface area is 139 Å². The van der Waals surface area contributed by atoms with E-state index in [-0.39, 0.29) is 11.6 Å². The van der Waals surface area contributed by atoms with Gasteiger partial charge in [0.05, 0.1) is 0 Å². The number of amides is 1. The molecule has 0 aliphatic heterocycles. The number of carbonyl (C=O) groups is 1. The quantitative estimate of drug-likeness (QED) is 0.719. The highest BCUT2D eigenvalue weighted by Crippen LogP contribution is 2.05. The van der Waals surface area contributed by atoms with Crippen molar-refractivity contribution in [2.75, 3.05) is 5.32 Å². The molecule has 3 heterocycles. The molecule has 0 aliphatic rings. The monoisotopic (exact) mass is 320 g/mol. The van der Waals surface area contributed by atoms with Crippen LogP contribution < -0.4 is 10.6 Å². The first-order valence-corrected chi connectivity index (χ1v) is 7.45. The van der Waals surface area contributed by atoms with Crippen molar-refractivity contribution in [2.45, 2.75) is 13.1 Å². The van der Waals surface area contributed by atoms with Crippen molar-refractivity contribution in [1.82, 2.24) is 25.5 Å². The van der Waals surface area contributed by atoms with Gasteiger partial charge in [-0.3, -0.25) is 14.8 Å². The van der Waals surface area contributed by atoms with Gasteiger partial charge in [-0.05, 0) is 41.5 Å². The summed E-state index contributed by atoms with van der Waals surface area (Å²) in [5, 5.41) is 13.9. The largest absolute Gasteiger partial charge is 0.364 e. The Kier molecular flexibility index (Phi) is 5.03. The average molecular weight is 320 g/mol. The van der Waals surface area contributed by atoms with Crippen LogP contribution in [0.25, 0.3) is 0 Å². The maximum atomic E-state index is 12.1. The van der Waals surface area contributed by atoms with Crippen LogP contribution in [0.2, 0.25) is 0 Å². The van der Waals surface area contributed by atoms with Gasteiger partial charge in [0.1, 0.15) is 5.82 Å². The molecule has 24 heavy (non-hydrogen) atoms. The number of carbonyl (C=O) groups excluding carboxylic acids is 1. The van der Waals surface area contributed by atoms with Gasteiger partial charge in [0, 0.05) is 37.9 Å². The van der Waals surface area contributed by atoms with E-state index in [0.29, 0.717) is 18.9 Å². The molecule has 0 radical (unpaired) electrons. The standard InChI is InChI=1S/C17H16N6O/c24-17(21-11-13-5-8-18-9-6-13)15-3-4-16(23-22-15)20-12-14-2-1-7-19-10-14/h1-10H,11-12H2,(H,20,23)(H,21,24). The third kappa shape index (κ3) is 4.33. The summed E-state index contributed by atoms with van der Waals surface area (Å²) in [4.78, 5) is 20.0. The lowest BCUT2D eigenvalue weighted by Crippen LogP contribution is -2.24. The van der Waals surface area contributed by atoms with Crippen LogP contribution in [0.3, 0.4) is 0 Å². The Balaban J connectivity index is 1.53. The molecule has 120 valence electrons. The molecule has 0 unspecified atom stereocenters. The highest BCUT2D eigenvalue weighted by atomic mass is 16.1. The number of aromatic nitrogens is 4. The van der Waals surface area contributed by atoms with Crippen molar-refractivity contribution in [3.8, 4) is 0 Å². The van der Waals surface area contributed by atoms with Gasteiger partial charge in [-0.25, -0.2) is 0 Å². The van der Waals surface area contributed by atoms with E-state index in [1.807, 2.05) is 24.3 Å². The highest BCUT2D eigenvalue weighted by Gasteiger charge is 2.08. The second-order valence-corrected chi connectivity index (χ2v) is 5.06. The summed E-state index contributed by atoms with van der Waals surface area (Å²) in [6, 6.07) is 10.9. The van der Waals surface area contributed by atoms with Crippen LogP contribution in [-0.2, 0) is 13.1 Å². The average Bonchev–Trinajstić information content (AvgIpc) is 2.66. The van der Waals surface area contributed by atoms with Crippen LogP contribution in [0.1, 0.15) is 21.6 Å². The van der Waals surface area contributed by atoms with Gasteiger partial charge in [0.25, 0.3) is 5.91 Å². The molecular weight excluding hydrogens is 304 g/mol. The van der Waals surface area contributed by atoms with E-state index in [1.165, 1.54) is 0 Å². The number of nitrogens with zero attached hydrogens (tertiary/aromatic N) is 4. The first-order valence-electron chi connectivity index (χ1n) is 7.45. The lowest BCUT2D eigenvalue weighted by atomic mass is 10.2. The molecule has 0 aliphatic carbocycles. The Morgan fingerprint density at radius 1 is 0.875 bits per heavy atom. The molecule has 2 N–H and O–H groups in total. The minimum Gasteiger partial charge on any atom is -0.364 e. The number of hydrogen-bond donors (Lipinski definition) is 2. The molecule has 0 saturated heterocycles. The van der Waals surface area contributed by atoms with Gasteiger partial charge < -0.3 is 10.6 Å². The normalized spacial score (nSPS) is 10.2. The predicted octanol–water partition coefficient (Wildman–Crippen LogP) is 1.81. The molecule has 0 bridgehead atoms. The fourth-order valence-corrected chi connectivity index (χ4v) is 2.02. The van der Waals surface area contributed by atoms with Crippen LogP contribution in [0, 0.1) is 0 Å². The van der Waals surface area contributed by atoms with Crippen molar-refractivity contribution < 1.29 is 4.79 Å². The van der Waals surface area contributed by atoms with Crippen LogP contribution in [0.4, 0.5) is 5.82 Å². The van der Waals surface area contributed by atoms with Gasteiger partial charge in [0.15, 0.2) is 5.69 Å². The van der Waals surface area contributed by atoms with E-state index in [2.05, 4.69) is 30.8 Å². The first-order chi connectivity index (χ1) is 11.8. The molecule has 3 aromatic heterocycles. The number of rotatable bonds is 6. The molecule has 7 heteroatoms. The van der Waals surface area contributed by atoms with E-state index in [9.17, 15) is 4.79 Å². The number of anilines is 1. The van der Waals surface area contributed by atoms with Crippen molar-refractivity contribution in [2.24, 2.45) is 0 Å². The molecule has 7 nitrogen and oxygen atoms in total. The number of nitrogens with one attached hydrogen (secondary N) is 2. The van der Waals surface area contributed by atoms with Crippen molar-refractivity contribution in [3.05, 3.63) is 78.0 Å². The summed E-state index contributed by atoms with van der Waals surface area (Å²) in [6.45, 7) is 1.01. The molecule has 0 aromatic carbocycles. The minimum atomic E-state index is -0.266. The fraction of sp³-hybridized carbons (Fsp3) is 0.118. The van der Waals surface area contributed by atoms with E-state index in [0.717, 1.165) is 11.1 Å². The smallest absolute Gasteiger partial charge is 0.272 e. The van der Waals surface area contributed by atoms with Crippen molar-refractivity contribution in [3.63, 3.8) is 0 Å². The molecule has 1 amide bonds. The van der Waals surface area contributed by atoms with Gasteiger partial charge >= 0.3 is 0 Å². The predicted molar refractivity (Wildman–Crippen MR) is 89.0 cm³/mol. The second-order valence-electron chi connectivity index (χ2n) is 5.06. The van der Waals surface area contributed by atoms with Crippen LogP contribution >= 0.6 is 0 Å². The van der Waals surface area contributed by atoms with Crippen LogP contribution in [0.15, 0.2) is 61.2 Å². The van der Waals surface area contributed by atoms with Gasteiger partial charge in [-0.1, -0.05) is 6.07 Å². The lowest BCUT2D eigenvalue weighted by Gasteiger charge is -2.06. The third-order valence-electron chi connectivity index (χ3n) is 3.30. The number of pyridine rings is 2. The molecule has 0 saturated carbocycles. The van der Waals surface area contributed by atoms with E-state index in [4.69, 9.17) is 0 Å². The first kappa shape index (κ1) is 15.5. The van der Waals surface area contributed by atoms with Crippen LogP contribution in [0.5, 0.6) is 0 Å². The second kappa shape index (κ2) is 7.77. The molecule has 3 rings (SSSR count). The van der Waals surface area contributed by atoms with Crippen molar-refractivity contribution in [1.29, 1.82) is 0 Å². The van der Waals surface area contributed by atoms with Gasteiger partial charge in [-0.2, -0.15) is 0 Å². The highest BCUT2D eigenvalue weighted by molar-refractivity contribution is 5.92. The summed E-state index contributed by atoms with van der Waals surface area (Å²) >= 11 is 0. The Morgan fingerprint density at radius 2 is 1.75 bits per heavy atom. The zero-order valence-electron chi connectivity index (χ0n) is 12.9. The fourth-order valence-electron chi connectivity index (χ4n) is 2.02. The minimum absolute atomic E-state index is 0.266. The number of hydrogen-bond acceptors (Lipinski definition) is 6. The topological polar surface area (TPSA) is 92.7 Å². The summed E-state index contributed by atoms with van der Waals surface area (Å²) in [7, 11) is 0. The molecular formula is C17H16N6O. The summed E-state index contributed by atoms with van der Waals surface area (Å²) in [5.74, 6) is 0.336. The SMILES string of the molecule is O=C(NCc1ccncc1)c1ccc(NCc2cccnc2)nn1. The van der Waals surface area contributed by atoms with Crippen LogP contribution in [-0.4, -0.2) is 26.1 Å². The van der Waals surface area contributed by atoms with E-state index < -0.39 is 0 Å². The Hall–Kier alpha value is -3.35. The molecule has 0 atom stereocenters. The van der Waals surface area contributed by atoms with E-state index >= 15 is 0 Å². The van der Waals surface area contributed by atoms with Gasteiger partial charge in [0.2, 0.25) is 0 Å².